The Hall–Kier alpha value is -3.96. The molecule has 2 aromatic carbocycles. The Labute approximate surface area is 224 Å². The van der Waals surface area contributed by atoms with Crippen LogP contribution in [-0.2, 0) is 0 Å². The van der Waals surface area contributed by atoms with E-state index in [1.165, 1.54) is 19.3 Å². The molecule has 3 aromatic rings. The van der Waals surface area contributed by atoms with Gasteiger partial charge in [0.1, 0.15) is 0 Å². The van der Waals surface area contributed by atoms with Gasteiger partial charge in [-0.05, 0) is 80.9 Å². The van der Waals surface area contributed by atoms with E-state index >= 15 is 0 Å². The number of rotatable bonds is 12. The Kier molecular flexibility index (Phi) is 10.9. The zero-order valence-corrected chi connectivity index (χ0v) is 22.5. The lowest BCUT2D eigenvalue weighted by molar-refractivity contribution is 0.444. The number of nitriles is 1. The van der Waals surface area contributed by atoms with E-state index in [1.54, 1.807) is 0 Å². The van der Waals surface area contributed by atoms with Crippen molar-refractivity contribution in [3.63, 3.8) is 0 Å². The van der Waals surface area contributed by atoms with E-state index in [9.17, 15) is 5.26 Å². The lowest BCUT2D eigenvalue weighted by Gasteiger charge is -2.14. The molecule has 37 heavy (non-hydrogen) atoms. The molecule has 1 aromatic heterocycles. The molecule has 3 rings (SSSR count). The standard InChI is InChI=1S/C35H38N2.H2/c1-5-9-10-14-27(7-3)15-11-12-16-32-25-33(30-21-19-29(26-36)20-22-30)35(37-34(32)13-6-2)31-23-17-28(8-4)18-24-31;/h5-6,8-9,12-13,16-25,27H,4,7,10-11,14-15H2,1-3H3;1H/b9-5-,13-6-,16-12+;/t27-;/m1./s1. The summed E-state index contributed by atoms with van der Waals surface area (Å²) in [7, 11) is 0. The predicted octanol–water partition coefficient (Wildman–Crippen LogP) is 10.4. The van der Waals surface area contributed by atoms with E-state index in [1.807, 2.05) is 43.3 Å². The second kappa shape index (κ2) is 14.6. The molecule has 0 unspecified atom stereocenters. The van der Waals surface area contributed by atoms with Crippen LogP contribution >= 0.6 is 0 Å². The molecular weight excluding hydrogens is 448 g/mol. The maximum Gasteiger partial charge on any atom is 0.0991 e. The van der Waals surface area contributed by atoms with Crippen LogP contribution in [0.1, 0.15) is 76.7 Å². The van der Waals surface area contributed by atoms with Crippen LogP contribution in [0.4, 0.5) is 0 Å². The first kappa shape index (κ1) is 27.6. The normalized spacial score (nSPS) is 12.4. The minimum absolute atomic E-state index is 0. The summed E-state index contributed by atoms with van der Waals surface area (Å²) < 4.78 is 0. The summed E-state index contributed by atoms with van der Waals surface area (Å²) in [6.45, 7) is 10.3. The van der Waals surface area contributed by atoms with Crippen LogP contribution in [0.2, 0.25) is 0 Å². The van der Waals surface area contributed by atoms with Crippen LogP contribution in [0.15, 0.2) is 85.5 Å². The number of pyridine rings is 1. The van der Waals surface area contributed by atoms with E-state index < -0.39 is 0 Å². The smallest absolute Gasteiger partial charge is 0.0991 e. The number of benzene rings is 2. The molecule has 0 aliphatic heterocycles. The van der Waals surface area contributed by atoms with Gasteiger partial charge in [0, 0.05) is 18.1 Å². The molecule has 1 atom stereocenters. The van der Waals surface area contributed by atoms with Crippen molar-refractivity contribution in [3.8, 4) is 28.5 Å². The van der Waals surface area contributed by atoms with Gasteiger partial charge in [-0.15, -0.1) is 0 Å². The first-order chi connectivity index (χ1) is 18.1. The Morgan fingerprint density at radius 2 is 1.59 bits per heavy atom. The molecule has 0 saturated heterocycles. The molecule has 0 radical (unpaired) electrons. The monoisotopic (exact) mass is 488 g/mol. The average Bonchev–Trinajstić information content (AvgIpc) is 2.95. The van der Waals surface area contributed by atoms with Gasteiger partial charge < -0.3 is 0 Å². The third kappa shape index (κ3) is 7.76. The molecule has 0 amide bonds. The van der Waals surface area contributed by atoms with E-state index in [-0.39, 0.29) is 1.43 Å². The largest absolute Gasteiger partial charge is 0.247 e. The van der Waals surface area contributed by atoms with Gasteiger partial charge in [0.2, 0.25) is 0 Å². The van der Waals surface area contributed by atoms with Gasteiger partial charge in [-0.2, -0.15) is 5.26 Å². The fourth-order valence-corrected chi connectivity index (χ4v) is 4.50. The van der Waals surface area contributed by atoms with Gasteiger partial charge in [-0.3, -0.25) is 0 Å². The van der Waals surface area contributed by atoms with Crippen LogP contribution < -0.4 is 0 Å². The lowest BCUT2D eigenvalue weighted by Crippen LogP contribution is -1.98. The van der Waals surface area contributed by atoms with E-state index in [0.717, 1.165) is 58.0 Å². The first-order valence-electron chi connectivity index (χ1n) is 13.3. The Balaban J connectivity index is 0.00000507. The van der Waals surface area contributed by atoms with Crippen LogP contribution in [0, 0.1) is 17.2 Å². The molecule has 0 aliphatic carbocycles. The summed E-state index contributed by atoms with van der Waals surface area (Å²) >= 11 is 0. The maximum atomic E-state index is 9.27. The van der Waals surface area contributed by atoms with Gasteiger partial charge in [0.15, 0.2) is 0 Å². The number of hydrogen-bond acceptors (Lipinski definition) is 2. The zero-order valence-electron chi connectivity index (χ0n) is 22.5. The van der Waals surface area contributed by atoms with Crippen molar-refractivity contribution >= 4 is 18.2 Å². The summed E-state index contributed by atoms with van der Waals surface area (Å²) in [5.41, 5.74) is 7.88. The van der Waals surface area contributed by atoms with Gasteiger partial charge in [0.05, 0.1) is 23.0 Å². The third-order valence-electron chi connectivity index (χ3n) is 6.75. The molecule has 2 heteroatoms. The van der Waals surface area contributed by atoms with Crippen LogP contribution in [0.5, 0.6) is 0 Å². The van der Waals surface area contributed by atoms with Crippen molar-refractivity contribution in [2.24, 2.45) is 5.92 Å². The second-order valence-corrected chi connectivity index (χ2v) is 9.27. The van der Waals surface area contributed by atoms with Gasteiger partial charge in [0.25, 0.3) is 0 Å². The van der Waals surface area contributed by atoms with E-state index in [0.29, 0.717) is 5.56 Å². The maximum absolute atomic E-state index is 9.27. The minimum Gasteiger partial charge on any atom is -0.247 e. The SMILES string of the molecule is C=Cc1ccc(-c2nc(/C=C\C)c(/C=C/CC[C@H](CC)CC/C=C\C)cc2-c2ccc(C#N)cc2)cc1.[HH]. The molecule has 190 valence electrons. The average molecular weight is 489 g/mol. The highest BCUT2D eigenvalue weighted by molar-refractivity contribution is 5.84. The Morgan fingerprint density at radius 3 is 2.19 bits per heavy atom. The van der Waals surface area contributed by atoms with Crippen LogP contribution in [-0.4, -0.2) is 4.98 Å². The fourth-order valence-electron chi connectivity index (χ4n) is 4.50. The number of nitrogens with zero attached hydrogens (tertiary/aromatic N) is 2. The summed E-state index contributed by atoms with van der Waals surface area (Å²) in [5, 5.41) is 9.27. The first-order valence-corrected chi connectivity index (χ1v) is 13.3. The molecule has 2 nitrogen and oxygen atoms in total. The summed E-state index contributed by atoms with van der Waals surface area (Å²) in [6, 6.07) is 20.5. The van der Waals surface area contributed by atoms with Crippen molar-refractivity contribution in [1.82, 2.24) is 4.98 Å². The summed E-state index contributed by atoms with van der Waals surface area (Å²) in [6.07, 6.45) is 20.8. The van der Waals surface area contributed by atoms with Crippen molar-refractivity contribution in [1.29, 1.82) is 5.26 Å². The van der Waals surface area contributed by atoms with E-state index in [4.69, 9.17) is 4.98 Å². The predicted molar refractivity (Wildman–Crippen MR) is 163 cm³/mol. The Morgan fingerprint density at radius 1 is 0.919 bits per heavy atom. The molecular formula is C35H40N2. The van der Waals surface area contributed by atoms with Crippen LogP contribution in [0.25, 0.3) is 40.6 Å². The number of aromatic nitrogens is 1. The van der Waals surface area contributed by atoms with E-state index in [2.05, 4.69) is 87.2 Å². The van der Waals surface area contributed by atoms with Gasteiger partial charge in [-0.1, -0.05) is 92.8 Å². The second-order valence-electron chi connectivity index (χ2n) is 9.27. The highest BCUT2D eigenvalue weighted by Crippen LogP contribution is 2.34. The molecule has 0 aliphatic rings. The van der Waals surface area contributed by atoms with Crippen molar-refractivity contribution in [3.05, 3.63) is 108 Å². The fraction of sp³-hybridized carbons (Fsp3) is 0.257. The minimum atomic E-state index is 0. The summed E-state index contributed by atoms with van der Waals surface area (Å²) in [4.78, 5) is 5.15. The molecule has 0 bridgehead atoms. The lowest BCUT2D eigenvalue weighted by atomic mass is 9.93. The zero-order chi connectivity index (χ0) is 26.5. The molecule has 1 heterocycles. The highest BCUT2D eigenvalue weighted by atomic mass is 14.7. The van der Waals surface area contributed by atoms with Crippen molar-refractivity contribution < 1.29 is 1.43 Å². The summed E-state index contributed by atoms with van der Waals surface area (Å²) in [5.74, 6) is 0.754. The van der Waals surface area contributed by atoms with Crippen molar-refractivity contribution in [2.75, 3.05) is 0 Å². The molecule has 0 N–H and O–H groups in total. The topological polar surface area (TPSA) is 36.7 Å². The van der Waals surface area contributed by atoms with Crippen molar-refractivity contribution in [2.45, 2.75) is 52.9 Å². The quantitative estimate of drug-likeness (QED) is 0.238. The molecule has 0 saturated carbocycles. The number of hydrogen-bond donors (Lipinski definition) is 0. The third-order valence-corrected chi connectivity index (χ3v) is 6.75. The molecule has 0 fully saturated rings. The highest BCUT2D eigenvalue weighted by Gasteiger charge is 2.13. The molecule has 0 spiro atoms. The van der Waals surface area contributed by atoms with Gasteiger partial charge >= 0.3 is 0 Å². The number of allylic oxidation sites excluding steroid dienone is 4. The van der Waals surface area contributed by atoms with Gasteiger partial charge in [-0.25, -0.2) is 4.98 Å². The Bertz CT molecular complexity index is 1290. The van der Waals surface area contributed by atoms with Crippen LogP contribution in [0.3, 0.4) is 0 Å².